The van der Waals surface area contributed by atoms with E-state index in [0.29, 0.717) is 27.8 Å². The van der Waals surface area contributed by atoms with E-state index in [1.54, 1.807) is 13.3 Å². The molecule has 1 saturated carbocycles. The Balaban J connectivity index is 1.39. The third kappa shape index (κ3) is 7.18. The molecule has 186 valence electrons. The number of halogens is 2. The molecule has 1 saturated heterocycles. The van der Waals surface area contributed by atoms with E-state index < -0.39 is 0 Å². The summed E-state index contributed by atoms with van der Waals surface area (Å²) in [6, 6.07) is 6.64. The predicted octanol–water partition coefficient (Wildman–Crippen LogP) is 5.39. The van der Waals surface area contributed by atoms with E-state index in [-0.39, 0.29) is 6.10 Å². The summed E-state index contributed by atoms with van der Waals surface area (Å²) in [4.78, 5) is 9.27. The number of aromatic nitrogens is 2. The Bertz CT molecular complexity index is 918. The highest BCUT2D eigenvalue weighted by Crippen LogP contribution is 2.34. The lowest BCUT2D eigenvalue weighted by Gasteiger charge is -2.30. The standard InChI is InChI=1S/C25H35Cl2N5O2/c1-33-13-11-28-17-5-7-18(8-6-17)31-24-14-20(22(27)16-30-24)25-21(26)9-10-23(32-25)29-15-19-4-2-3-12-34-19/h9-10,14,16-19,28H,2-8,11-13,15H2,1H3,(H,29,32)(H,30,31)/t17?,18?,19-/m1/s1. The minimum absolute atomic E-state index is 0.222. The first kappa shape index (κ1) is 25.5. The molecule has 0 aromatic carbocycles. The number of nitrogens with zero attached hydrogens (tertiary/aromatic N) is 2. The number of hydrogen-bond acceptors (Lipinski definition) is 7. The van der Waals surface area contributed by atoms with Crippen LogP contribution in [-0.4, -0.2) is 61.6 Å². The lowest BCUT2D eigenvalue weighted by atomic mass is 9.91. The van der Waals surface area contributed by atoms with E-state index in [2.05, 4.69) is 20.9 Å². The number of ether oxygens (including phenoxy) is 2. The van der Waals surface area contributed by atoms with Gasteiger partial charge in [0.15, 0.2) is 0 Å². The van der Waals surface area contributed by atoms with Gasteiger partial charge in [-0.15, -0.1) is 0 Å². The van der Waals surface area contributed by atoms with Crippen molar-refractivity contribution in [2.24, 2.45) is 0 Å². The average molecular weight is 508 g/mol. The first-order valence-electron chi connectivity index (χ1n) is 12.3. The number of methoxy groups -OCH3 is 1. The summed E-state index contributed by atoms with van der Waals surface area (Å²) in [6.07, 6.45) is 9.76. The van der Waals surface area contributed by atoms with Crippen LogP contribution in [0.25, 0.3) is 11.3 Å². The van der Waals surface area contributed by atoms with Gasteiger partial charge >= 0.3 is 0 Å². The van der Waals surface area contributed by atoms with Gasteiger partial charge < -0.3 is 25.4 Å². The lowest BCUT2D eigenvalue weighted by Crippen LogP contribution is -2.38. The molecule has 0 unspecified atom stereocenters. The van der Waals surface area contributed by atoms with Crippen molar-refractivity contribution in [3.05, 3.63) is 34.4 Å². The molecular weight excluding hydrogens is 473 g/mol. The van der Waals surface area contributed by atoms with Crippen LogP contribution < -0.4 is 16.0 Å². The highest BCUT2D eigenvalue weighted by molar-refractivity contribution is 6.36. The van der Waals surface area contributed by atoms with Crippen LogP contribution in [0.5, 0.6) is 0 Å². The second-order valence-electron chi connectivity index (χ2n) is 9.09. The number of pyridine rings is 2. The molecule has 34 heavy (non-hydrogen) atoms. The Morgan fingerprint density at radius 2 is 1.85 bits per heavy atom. The van der Waals surface area contributed by atoms with Crippen molar-refractivity contribution in [1.82, 2.24) is 15.3 Å². The molecule has 3 heterocycles. The Morgan fingerprint density at radius 3 is 2.62 bits per heavy atom. The van der Waals surface area contributed by atoms with E-state index in [1.165, 1.54) is 6.42 Å². The maximum atomic E-state index is 6.53. The normalized spacial score (nSPS) is 23.0. The molecule has 0 radical (unpaired) electrons. The van der Waals surface area contributed by atoms with Gasteiger partial charge in [-0.3, -0.25) is 0 Å². The fourth-order valence-corrected chi connectivity index (χ4v) is 5.03. The van der Waals surface area contributed by atoms with Crippen molar-refractivity contribution < 1.29 is 9.47 Å². The number of anilines is 2. The zero-order valence-corrected chi connectivity index (χ0v) is 21.3. The van der Waals surface area contributed by atoms with Crippen molar-refractivity contribution in [1.29, 1.82) is 0 Å². The zero-order valence-electron chi connectivity index (χ0n) is 19.8. The molecule has 2 aliphatic rings. The second kappa shape index (κ2) is 12.9. The minimum Gasteiger partial charge on any atom is -0.383 e. The van der Waals surface area contributed by atoms with Crippen molar-refractivity contribution in [2.45, 2.75) is 63.1 Å². The summed E-state index contributed by atoms with van der Waals surface area (Å²) >= 11 is 13.1. The molecular formula is C25H35Cl2N5O2. The van der Waals surface area contributed by atoms with Gasteiger partial charge in [-0.05, 0) is 63.1 Å². The average Bonchev–Trinajstić information content (AvgIpc) is 2.87. The quantitative estimate of drug-likeness (QED) is 0.372. The van der Waals surface area contributed by atoms with Crippen LogP contribution in [0, 0.1) is 0 Å². The van der Waals surface area contributed by atoms with E-state index in [0.717, 1.165) is 82.0 Å². The molecule has 4 rings (SSSR count). The highest BCUT2D eigenvalue weighted by atomic mass is 35.5. The molecule has 2 aromatic rings. The van der Waals surface area contributed by atoms with Gasteiger partial charge in [-0.2, -0.15) is 0 Å². The van der Waals surface area contributed by atoms with Crippen LogP contribution in [0.3, 0.4) is 0 Å². The Hall–Kier alpha value is -1.64. The van der Waals surface area contributed by atoms with Gasteiger partial charge in [0.2, 0.25) is 0 Å². The molecule has 2 fully saturated rings. The number of nitrogens with one attached hydrogen (secondary N) is 3. The Kier molecular flexibility index (Phi) is 9.65. The van der Waals surface area contributed by atoms with E-state index in [4.69, 9.17) is 37.7 Å². The molecule has 2 aromatic heterocycles. The summed E-state index contributed by atoms with van der Waals surface area (Å²) in [5.41, 5.74) is 1.43. The SMILES string of the molecule is COCCNC1CCC(Nc2cc(-c3nc(NC[C@H]4CCCCO4)ccc3Cl)c(Cl)cn2)CC1. The lowest BCUT2D eigenvalue weighted by molar-refractivity contribution is 0.0247. The predicted molar refractivity (Wildman–Crippen MR) is 139 cm³/mol. The van der Waals surface area contributed by atoms with E-state index in [1.807, 2.05) is 18.2 Å². The van der Waals surface area contributed by atoms with Gasteiger partial charge in [0.05, 0.1) is 28.5 Å². The fraction of sp³-hybridized carbons (Fsp3) is 0.600. The monoisotopic (exact) mass is 507 g/mol. The molecule has 1 aliphatic heterocycles. The van der Waals surface area contributed by atoms with Crippen LogP contribution in [0.4, 0.5) is 11.6 Å². The molecule has 1 aliphatic carbocycles. The molecule has 7 nitrogen and oxygen atoms in total. The van der Waals surface area contributed by atoms with E-state index in [9.17, 15) is 0 Å². The summed E-state index contributed by atoms with van der Waals surface area (Å²) in [5, 5.41) is 11.6. The van der Waals surface area contributed by atoms with Crippen LogP contribution in [-0.2, 0) is 9.47 Å². The number of hydrogen-bond donors (Lipinski definition) is 3. The summed E-state index contributed by atoms with van der Waals surface area (Å²) in [5.74, 6) is 1.55. The van der Waals surface area contributed by atoms with Crippen LogP contribution in [0.1, 0.15) is 44.9 Å². The Morgan fingerprint density at radius 1 is 1.03 bits per heavy atom. The molecule has 1 atom stereocenters. The van der Waals surface area contributed by atoms with Crippen molar-refractivity contribution in [3.8, 4) is 11.3 Å². The maximum Gasteiger partial charge on any atom is 0.126 e. The fourth-order valence-electron chi connectivity index (χ4n) is 4.63. The molecule has 3 N–H and O–H groups in total. The molecule has 0 amide bonds. The molecule has 0 bridgehead atoms. The number of rotatable bonds is 10. The molecule has 0 spiro atoms. The Labute approximate surface area is 212 Å². The van der Waals surface area contributed by atoms with Crippen molar-refractivity contribution in [2.75, 3.05) is 44.0 Å². The van der Waals surface area contributed by atoms with Crippen LogP contribution >= 0.6 is 23.2 Å². The highest BCUT2D eigenvalue weighted by Gasteiger charge is 2.22. The van der Waals surface area contributed by atoms with Crippen molar-refractivity contribution in [3.63, 3.8) is 0 Å². The van der Waals surface area contributed by atoms with Gasteiger partial charge in [-0.1, -0.05) is 23.2 Å². The van der Waals surface area contributed by atoms with Crippen molar-refractivity contribution >= 4 is 34.8 Å². The summed E-state index contributed by atoms with van der Waals surface area (Å²) in [7, 11) is 1.73. The summed E-state index contributed by atoms with van der Waals surface area (Å²) < 4.78 is 10.9. The molecule has 9 heteroatoms. The third-order valence-electron chi connectivity index (χ3n) is 6.56. The minimum atomic E-state index is 0.222. The zero-order chi connectivity index (χ0) is 23.8. The maximum absolute atomic E-state index is 6.53. The van der Waals surface area contributed by atoms with Gasteiger partial charge in [-0.25, -0.2) is 9.97 Å². The first-order valence-corrected chi connectivity index (χ1v) is 13.0. The van der Waals surface area contributed by atoms with Crippen LogP contribution in [0.15, 0.2) is 24.4 Å². The van der Waals surface area contributed by atoms with Gasteiger partial charge in [0, 0.05) is 50.7 Å². The summed E-state index contributed by atoms with van der Waals surface area (Å²) in [6.45, 7) is 3.21. The second-order valence-corrected chi connectivity index (χ2v) is 9.90. The topological polar surface area (TPSA) is 80.3 Å². The largest absolute Gasteiger partial charge is 0.383 e. The van der Waals surface area contributed by atoms with Gasteiger partial charge in [0.1, 0.15) is 11.6 Å². The van der Waals surface area contributed by atoms with Crippen LogP contribution in [0.2, 0.25) is 10.0 Å². The van der Waals surface area contributed by atoms with Gasteiger partial charge in [0.25, 0.3) is 0 Å². The smallest absolute Gasteiger partial charge is 0.126 e. The van der Waals surface area contributed by atoms with E-state index >= 15 is 0 Å². The third-order valence-corrected chi connectivity index (χ3v) is 7.17. The first-order chi connectivity index (χ1) is 16.6.